The normalized spacial score (nSPS) is 25.0. The number of nitrogens with zero attached hydrogens (tertiary/aromatic N) is 2. The van der Waals surface area contributed by atoms with E-state index in [0.717, 1.165) is 25.3 Å². The lowest BCUT2D eigenvalue weighted by Gasteiger charge is -2.35. The van der Waals surface area contributed by atoms with Crippen LogP contribution in [-0.4, -0.2) is 35.1 Å². The van der Waals surface area contributed by atoms with Crippen LogP contribution in [0.4, 0.5) is 5.82 Å². The van der Waals surface area contributed by atoms with Crippen LogP contribution in [0.2, 0.25) is 0 Å². The van der Waals surface area contributed by atoms with Gasteiger partial charge in [0.25, 0.3) is 0 Å². The third kappa shape index (κ3) is 3.36. The van der Waals surface area contributed by atoms with E-state index >= 15 is 0 Å². The molecule has 0 aliphatic carbocycles. The molecule has 2 rings (SSSR count). The Bertz CT molecular complexity index is 342. The van der Waals surface area contributed by atoms with Gasteiger partial charge in [0.2, 0.25) is 0 Å². The van der Waals surface area contributed by atoms with Crippen molar-refractivity contribution in [1.29, 1.82) is 0 Å². The van der Waals surface area contributed by atoms with Crippen molar-refractivity contribution in [2.75, 3.05) is 24.5 Å². The zero-order valence-electron chi connectivity index (χ0n) is 10.6. The van der Waals surface area contributed by atoms with Gasteiger partial charge in [-0.15, -0.1) is 0 Å². The molecule has 2 heterocycles. The number of rotatable bonds is 3. The van der Waals surface area contributed by atoms with Gasteiger partial charge < -0.3 is 10.6 Å². The summed E-state index contributed by atoms with van der Waals surface area (Å²) in [5, 5.41) is 1.37. The van der Waals surface area contributed by atoms with Gasteiger partial charge in [-0.3, -0.25) is 0 Å². The lowest BCUT2D eigenvalue weighted by molar-refractivity contribution is 0.718. The predicted octanol–water partition coefficient (Wildman–Crippen LogP) is 1.91. The fraction of sp³-hybridized carbons (Fsp3) is 0.615. The summed E-state index contributed by atoms with van der Waals surface area (Å²) in [6.07, 6.45) is 2.87. The van der Waals surface area contributed by atoms with E-state index in [-0.39, 0.29) is 0 Å². The van der Waals surface area contributed by atoms with E-state index in [0.29, 0.717) is 17.0 Å². The zero-order valence-corrected chi connectivity index (χ0v) is 11.4. The van der Waals surface area contributed by atoms with E-state index in [1.165, 1.54) is 5.56 Å². The van der Waals surface area contributed by atoms with E-state index < -0.39 is 0 Å². The van der Waals surface area contributed by atoms with Crippen molar-refractivity contribution < 1.29 is 0 Å². The highest BCUT2D eigenvalue weighted by Gasteiger charge is 2.22. The van der Waals surface area contributed by atoms with Crippen molar-refractivity contribution in [2.45, 2.75) is 30.8 Å². The van der Waals surface area contributed by atoms with Crippen molar-refractivity contribution in [3.05, 3.63) is 23.9 Å². The summed E-state index contributed by atoms with van der Waals surface area (Å²) in [7, 11) is 0. The number of hydrogen-bond acceptors (Lipinski definition) is 4. The van der Waals surface area contributed by atoms with E-state index in [4.69, 9.17) is 5.73 Å². The van der Waals surface area contributed by atoms with Crippen LogP contribution in [-0.2, 0) is 6.42 Å². The van der Waals surface area contributed by atoms with Crippen molar-refractivity contribution in [1.82, 2.24) is 4.98 Å². The molecule has 1 aliphatic rings. The maximum atomic E-state index is 5.54. The van der Waals surface area contributed by atoms with Gasteiger partial charge in [0.15, 0.2) is 0 Å². The maximum Gasteiger partial charge on any atom is 0.128 e. The number of thioether (sulfide) groups is 1. The predicted molar refractivity (Wildman–Crippen MR) is 75.7 cm³/mol. The number of anilines is 1. The fourth-order valence-corrected chi connectivity index (χ4v) is 3.61. The molecule has 4 heteroatoms. The monoisotopic (exact) mass is 251 g/mol. The van der Waals surface area contributed by atoms with Crippen molar-refractivity contribution in [3.63, 3.8) is 0 Å². The van der Waals surface area contributed by atoms with Gasteiger partial charge >= 0.3 is 0 Å². The molecule has 0 spiro atoms. The van der Waals surface area contributed by atoms with Crippen LogP contribution in [0.25, 0.3) is 0 Å². The van der Waals surface area contributed by atoms with E-state index in [1.54, 1.807) is 0 Å². The molecule has 2 unspecified atom stereocenters. The van der Waals surface area contributed by atoms with E-state index in [9.17, 15) is 0 Å². The molecule has 1 aliphatic heterocycles. The lowest BCUT2D eigenvalue weighted by Crippen LogP contribution is -2.40. The average molecular weight is 251 g/mol. The Morgan fingerprint density at radius 3 is 2.59 bits per heavy atom. The molecule has 0 aromatic carbocycles. The first-order valence-corrected chi connectivity index (χ1v) is 7.18. The molecule has 1 aromatic heterocycles. The molecule has 17 heavy (non-hydrogen) atoms. The highest BCUT2D eigenvalue weighted by molar-refractivity contribution is 8.00. The molecule has 0 amide bonds. The molecule has 1 saturated heterocycles. The first-order valence-electron chi connectivity index (χ1n) is 6.24. The minimum Gasteiger partial charge on any atom is -0.354 e. The van der Waals surface area contributed by atoms with Crippen molar-refractivity contribution in [2.24, 2.45) is 5.73 Å². The van der Waals surface area contributed by atoms with Crippen LogP contribution in [0.15, 0.2) is 18.3 Å². The number of aromatic nitrogens is 1. The maximum absolute atomic E-state index is 5.54. The van der Waals surface area contributed by atoms with Gasteiger partial charge in [-0.2, -0.15) is 11.8 Å². The van der Waals surface area contributed by atoms with Crippen LogP contribution in [0.1, 0.15) is 19.4 Å². The fourth-order valence-electron chi connectivity index (χ4n) is 2.28. The highest BCUT2D eigenvalue weighted by atomic mass is 32.2. The van der Waals surface area contributed by atoms with Gasteiger partial charge in [0.1, 0.15) is 5.82 Å². The number of nitrogens with two attached hydrogens (primary N) is 1. The minimum absolute atomic E-state index is 0.685. The average Bonchev–Trinajstić information content (AvgIpc) is 2.29. The Kier molecular flexibility index (Phi) is 4.29. The highest BCUT2D eigenvalue weighted by Crippen LogP contribution is 2.27. The smallest absolute Gasteiger partial charge is 0.128 e. The number of pyridine rings is 1. The summed E-state index contributed by atoms with van der Waals surface area (Å²) in [6, 6.07) is 4.27. The molecule has 3 nitrogen and oxygen atoms in total. The van der Waals surface area contributed by atoms with Gasteiger partial charge in [0, 0.05) is 29.8 Å². The van der Waals surface area contributed by atoms with Crippen LogP contribution in [0.3, 0.4) is 0 Å². The summed E-state index contributed by atoms with van der Waals surface area (Å²) >= 11 is 2.06. The Hall–Kier alpha value is -0.740. The second-order valence-corrected chi connectivity index (χ2v) is 6.61. The summed E-state index contributed by atoms with van der Waals surface area (Å²) < 4.78 is 0. The van der Waals surface area contributed by atoms with Gasteiger partial charge in [-0.1, -0.05) is 19.9 Å². The van der Waals surface area contributed by atoms with Crippen LogP contribution < -0.4 is 10.6 Å². The molecule has 0 radical (unpaired) electrons. The van der Waals surface area contributed by atoms with Crippen molar-refractivity contribution >= 4 is 17.6 Å². The SMILES string of the molecule is CC1CN(c2ccc(CCN)cn2)CC(C)S1. The van der Waals surface area contributed by atoms with E-state index in [2.05, 4.69) is 47.6 Å². The topological polar surface area (TPSA) is 42.1 Å². The molecule has 1 fully saturated rings. The standard InChI is InChI=1S/C13H21N3S/c1-10-8-16(9-11(2)17-10)13-4-3-12(5-6-14)7-15-13/h3-4,7,10-11H,5-6,8-9,14H2,1-2H3. The molecule has 0 saturated carbocycles. The number of hydrogen-bond donors (Lipinski definition) is 1. The molecule has 0 bridgehead atoms. The van der Waals surface area contributed by atoms with Gasteiger partial charge in [-0.25, -0.2) is 4.98 Å². The van der Waals surface area contributed by atoms with Crippen LogP contribution >= 0.6 is 11.8 Å². The van der Waals surface area contributed by atoms with Gasteiger partial charge in [0.05, 0.1) is 0 Å². The molecule has 1 aromatic rings. The molecule has 94 valence electrons. The Morgan fingerprint density at radius 1 is 1.35 bits per heavy atom. The summed E-state index contributed by atoms with van der Waals surface area (Å²) in [5.41, 5.74) is 6.76. The third-order valence-corrected chi connectivity index (χ3v) is 4.21. The minimum atomic E-state index is 0.685. The Labute approximate surface area is 108 Å². The Balaban J connectivity index is 2.06. The first kappa shape index (κ1) is 12.7. The molecule has 2 N–H and O–H groups in total. The summed E-state index contributed by atoms with van der Waals surface area (Å²) in [6.45, 7) is 7.46. The second kappa shape index (κ2) is 5.74. The van der Waals surface area contributed by atoms with Gasteiger partial charge in [-0.05, 0) is 24.6 Å². The Morgan fingerprint density at radius 2 is 2.06 bits per heavy atom. The molecular formula is C13H21N3S. The zero-order chi connectivity index (χ0) is 12.3. The summed E-state index contributed by atoms with van der Waals surface area (Å²) in [4.78, 5) is 6.94. The molecular weight excluding hydrogens is 230 g/mol. The summed E-state index contributed by atoms with van der Waals surface area (Å²) in [5.74, 6) is 1.10. The third-order valence-electron chi connectivity index (χ3n) is 2.99. The van der Waals surface area contributed by atoms with Crippen LogP contribution in [0.5, 0.6) is 0 Å². The van der Waals surface area contributed by atoms with E-state index in [1.807, 2.05) is 6.20 Å². The van der Waals surface area contributed by atoms with Crippen LogP contribution in [0, 0.1) is 0 Å². The lowest BCUT2D eigenvalue weighted by atomic mass is 10.2. The van der Waals surface area contributed by atoms with Crippen molar-refractivity contribution in [3.8, 4) is 0 Å². The largest absolute Gasteiger partial charge is 0.354 e. The second-order valence-electron chi connectivity index (χ2n) is 4.73. The molecule has 2 atom stereocenters. The first-order chi connectivity index (χ1) is 8.19. The quantitative estimate of drug-likeness (QED) is 0.891.